The maximum absolute atomic E-state index is 11.9. The molecular formula is C17H18N6O3S. The highest BCUT2D eigenvalue weighted by atomic mass is 32.2. The van der Waals surface area contributed by atoms with E-state index in [4.69, 9.17) is 4.42 Å². The molecule has 0 saturated carbocycles. The fourth-order valence-electron chi connectivity index (χ4n) is 3.04. The maximum atomic E-state index is 11.9. The van der Waals surface area contributed by atoms with Gasteiger partial charge in [0.2, 0.25) is 11.8 Å². The summed E-state index contributed by atoms with van der Waals surface area (Å²) < 4.78 is 5.64. The largest absolute Gasteiger partial charge is 0.416 e. The average molecular weight is 386 g/mol. The Kier molecular flexibility index (Phi) is 4.80. The van der Waals surface area contributed by atoms with E-state index in [1.807, 2.05) is 31.2 Å². The number of hydrogen-bond acceptors (Lipinski definition) is 7. The van der Waals surface area contributed by atoms with Crippen molar-refractivity contribution in [2.45, 2.75) is 36.8 Å². The molecule has 3 heterocycles. The van der Waals surface area contributed by atoms with Crippen LogP contribution in [-0.2, 0) is 17.0 Å². The third-order valence-electron chi connectivity index (χ3n) is 4.42. The molecule has 3 aromatic rings. The molecule has 140 valence electrons. The minimum Gasteiger partial charge on any atom is -0.416 e. The molecule has 3 amide bonds. The maximum Gasteiger partial charge on any atom is 0.321 e. The lowest BCUT2D eigenvalue weighted by atomic mass is 9.93. The third kappa shape index (κ3) is 3.95. The van der Waals surface area contributed by atoms with Gasteiger partial charge >= 0.3 is 6.03 Å². The van der Waals surface area contributed by atoms with Gasteiger partial charge in [0.25, 0.3) is 5.22 Å². The van der Waals surface area contributed by atoms with E-state index >= 15 is 0 Å². The van der Waals surface area contributed by atoms with Crippen molar-refractivity contribution in [3.63, 3.8) is 0 Å². The number of rotatable bonds is 6. The molecule has 0 aliphatic carbocycles. The van der Waals surface area contributed by atoms with E-state index in [9.17, 15) is 9.59 Å². The molecule has 1 saturated heterocycles. The highest BCUT2D eigenvalue weighted by molar-refractivity contribution is 7.98. The third-order valence-corrected chi connectivity index (χ3v) is 5.25. The van der Waals surface area contributed by atoms with Gasteiger partial charge in [0, 0.05) is 12.5 Å². The van der Waals surface area contributed by atoms with Gasteiger partial charge in [-0.15, -0.1) is 10.2 Å². The summed E-state index contributed by atoms with van der Waals surface area (Å²) in [6.45, 7) is 1.81. The van der Waals surface area contributed by atoms with E-state index in [0.29, 0.717) is 29.7 Å². The van der Waals surface area contributed by atoms with Crippen LogP contribution in [0.5, 0.6) is 0 Å². The number of urea groups is 1. The second kappa shape index (κ2) is 7.39. The van der Waals surface area contributed by atoms with Gasteiger partial charge in [0.05, 0.1) is 22.7 Å². The molecule has 2 unspecified atom stereocenters. The standard InChI is InChI=1S/C17H18N6O3S/c1-9-10(15(24)21-16(25)18-9)6-7-14-22-23-17(26-14)27-8-13-19-11-4-2-3-5-12(11)20-13/h2-5,9-10H,6-8H2,1H3,(H,19,20)(H2,18,21,24,25). The van der Waals surface area contributed by atoms with Crippen molar-refractivity contribution < 1.29 is 14.0 Å². The molecule has 1 aromatic carbocycles. The summed E-state index contributed by atoms with van der Waals surface area (Å²) in [5.41, 5.74) is 1.91. The van der Waals surface area contributed by atoms with E-state index in [-0.39, 0.29) is 17.9 Å². The Balaban J connectivity index is 1.32. The zero-order valence-electron chi connectivity index (χ0n) is 14.6. The van der Waals surface area contributed by atoms with Gasteiger partial charge in [-0.25, -0.2) is 9.78 Å². The summed E-state index contributed by atoms with van der Waals surface area (Å²) in [7, 11) is 0. The number of aromatic amines is 1. The lowest BCUT2D eigenvalue weighted by Crippen LogP contribution is -2.57. The molecule has 0 bridgehead atoms. The van der Waals surface area contributed by atoms with Crippen LogP contribution in [0.15, 0.2) is 33.9 Å². The molecule has 1 aliphatic rings. The fourth-order valence-corrected chi connectivity index (χ4v) is 3.69. The summed E-state index contributed by atoms with van der Waals surface area (Å²) in [5.74, 6) is 1.31. The van der Waals surface area contributed by atoms with Crippen LogP contribution in [0.4, 0.5) is 4.79 Å². The predicted molar refractivity (Wildman–Crippen MR) is 97.9 cm³/mol. The number of aryl methyl sites for hydroxylation is 1. The summed E-state index contributed by atoms with van der Waals surface area (Å²) >= 11 is 1.40. The van der Waals surface area contributed by atoms with E-state index in [2.05, 4.69) is 30.8 Å². The number of para-hydroxylation sites is 2. The first kappa shape index (κ1) is 17.5. The van der Waals surface area contributed by atoms with Crippen LogP contribution in [0.1, 0.15) is 25.1 Å². The van der Waals surface area contributed by atoms with E-state index in [0.717, 1.165) is 16.9 Å². The van der Waals surface area contributed by atoms with Crippen LogP contribution >= 0.6 is 11.8 Å². The van der Waals surface area contributed by atoms with E-state index < -0.39 is 6.03 Å². The first-order valence-corrected chi connectivity index (χ1v) is 9.57. The van der Waals surface area contributed by atoms with Gasteiger partial charge in [-0.1, -0.05) is 23.9 Å². The molecule has 9 nitrogen and oxygen atoms in total. The van der Waals surface area contributed by atoms with Crippen molar-refractivity contribution in [2.24, 2.45) is 5.92 Å². The average Bonchev–Trinajstić information content (AvgIpc) is 3.25. The highest BCUT2D eigenvalue weighted by Crippen LogP contribution is 2.23. The van der Waals surface area contributed by atoms with Gasteiger partial charge in [-0.05, 0) is 25.5 Å². The Morgan fingerprint density at radius 2 is 2.07 bits per heavy atom. The number of nitrogens with one attached hydrogen (secondary N) is 3. The van der Waals surface area contributed by atoms with Crippen LogP contribution in [0, 0.1) is 5.92 Å². The number of imide groups is 1. The Bertz CT molecular complexity index is 951. The molecular weight excluding hydrogens is 368 g/mol. The number of thioether (sulfide) groups is 1. The van der Waals surface area contributed by atoms with Crippen LogP contribution < -0.4 is 10.6 Å². The number of benzene rings is 1. The number of carbonyl (C=O) groups is 2. The summed E-state index contributed by atoms with van der Waals surface area (Å²) in [6.07, 6.45) is 0.986. The molecule has 1 aliphatic heterocycles. The Morgan fingerprint density at radius 3 is 2.89 bits per heavy atom. The van der Waals surface area contributed by atoms with Crippen LogP contribution in [0.2, 0.25) is 0 Å². The number of amides is 3. The molecule has 0 radical (unpaired) electrons. The summed E-state index contributed by atoms with van der Waals surface area (Å²) in [6, 6.07) is 7.16. The normalized spacial score (nSPS) is 19.9. The minimum atomic E-state index is -0.453. The summed E-state index contributed by atoms with van der Waals surface area (Å²) in [5, 5.41) is 13.5. The number of fused-ring (bicyclic) bond motifs is 1. The van der Waals surface area contributed by atoms with E-state index in [1.54, 1.807) is 0 Å². The minimum absolute atomic E-state index is 0.226. The quantitative estimate of drug-likeness (QED) is 0.553. The second-order valence-corrected chi connectivity index (χ2v) is 7.27. The molecule has 1 fully saturated rings. The highest BCUT2D eigenvalue weighted by Gasteiger charge is 2.32. The molecule has 4 rings (SSSR count). The van der Waals surface area contributed by atoms with Crippen LogP contribution in [-0.4, -0.2) is 38.1 Å². The van der Waals surface area contributed by atoms with Gasteiger partial charge in [0.15, 0.2) is 0 Å². The first-order chi connectivity index (χ1) is 13.1. The van der Waals surface area contributed by atoms with Crippen molar-refractivity contribution in [2.75, 3.05) is 0 Å². The van der Waals surface area contributed by atoms with Gasteiger partial charge in [-0.2, -0.15) is 0 Å². The van der Waals surface area contributed by atoms with Gasteiger partial charge in [-0.3, -0.25) is 10.1 Å². The van der Waals surface area contributed by atoms with Crippen molar-refractivity contribution in [3.8, 4) is 0 Å². The number of hydrogen-bond donors (Lipinski definition) is 3. The molecule has 2 aromatic heterocycles. The topological polar surface area (TPSA) is 126 Å². The Morgan fingerprint density at radius 1 is 1.22 bits per heavy atom. The fraction of sp³-hybridized carbons (Fsp3) is 0.353. The SMILES string of the molecule is CC1NC(=O)NC(=O)C1CCc1nnc(SCc2nc3ccccc3[nH]2)o1. The number of imidazole rings is 1. The zero-order valence-corrected chi connectivity index (χ0v) is 15.4. The van der Waals surface area contributed by atoms with Crippen molar-refractivity contribution >= 4 is 34.7 Å². The van der Waals surface area contributed by atoms with Crippen molar-refractivity contribution in [1.82, 2.24) is 30.8 Å². The van der Waals surface area contributed by atoms with Crippen molar-refractivity contribution in [1.29, 1.82) is 0 Å². The number of aromatic nitrogens is 4. The van der Waals surface area contributed by atoms with Crippen LogP contribution in [0.3, 0.4) is 0 Å². The molecule has 2 atom stereocenters. The number of nitrogens with zero attached hydrogens (tertiary/aromatic N) is 3. The molecule has 10 heteroatoms. The molecule has 27 heavy (non-hydrogen) atoms. The van der Waals surface area contributed by atoms with Gasteiger partial charge in [0.1, 0.15) is 5.82 Å². The van der Waals surface area contributed by atoms with Gasteiger partial charge < -0.3 is 14.7 Å². The van der Waals surface area contributed by atoms with E-state index in [1.165, 1.54) is 11.8 Å². The zero-order chi connectivity index (χ0) is 18.8. The van der Waals surface area contributed by atoms with Crippen molar-refractivity contribution in [3.05, 3.63) is 36.0 Å². The first-order valence-electron chi connectivity index (χ1n) is 8.58. The lowest BCUT2D eigenvalue weighted by molar-refractivity contribution is -0.125. The van der Waals surface area contributed by atoms with Crippen LogP contribution in [0.25, 0.3) is 11.0 Å². The predicted octanol–water partition coefficient (Wildman–Crippen LogP) is 2.01. The molecule has 3 N–H and O–H groups in total. The second-order valence-electron chi connectivity index (χ2n) is 6.35. The summed E-state index contributed by atoms with van der Waals surface area (Å²) in [4.78, 5) is 30.9. The Hall–Kier alpha value is -2.88. The number of carbonyl (C=O) groups excluding carboxylic acids is 2. The monoisotopic (exact) mass is 386 g/mol. The smallest absolute Gasteiger partial charge is 0.321 e. The Labute approximate surface area is 158 Å². The molecule has 0 spiro atoms. The number of H-pyrrole nitrogens is 1. The lowest BCUT2D eigenvalue weighted by Gasteiger charge is -2.28.